The number of alkyl halides is 1. The van der Waals surface area contributed by atoms with E-state index in [0.717, 1.165) is 53.7 Å². The second kappa shape index (κ2) is 10.1. The molecule has 0 aliphatic carbocycles. The van der Waals surface area contributed by atoms with E-state index >= 15 is 0 Å². The van der Waals surface area contributed by atoms with Crippen LogP contribution in [-0.4, -0.2) is 73.4 Å². The summed E-state index contributed by atoms with van der Waals surface area (Å²) in [4.78, 5) is 11.5. The summed E-state index contributed by atoms with van der Waals surface area (Å²) in [5.74, 6) is 1.01. The molecule has 1 saturated heterocycles. The fraction of sp³-hybridized carbons (Fsp3) is 0.545. The second-order valence-electron chi connectivity index (χ2n) is 7.46. The van der Waals surface area contributed by atoms with Crippen LogP contribution in [0, 0.1) is 0 Å². The van der Waals surface area contributed by atoms with E-state index in [9.17, 15) is 4.39 Å². The van der Waals surface area contributed by atoms with Crippen LogP contribution in [0.1, 0.15) is 12.8 Å². The normalized spacial score (nSPS) is 15.5. The maximum Gasteiger partial charge on any atom is 0.143 e. The van der Waals surface area contributed by atoms with Crippen molar-refractivity contribution in [3.8, 4) is 0 Å². The summed E-state index contributed by atoms with van der Waals surface area (Å²) in [7, 11) is 2.05. The SMILES string of the molecule is Cn1c2ccncc2c2ccc(N3CCC(OCCOCCOCCF)CC3)nc21. The smallest absolute Gasteiger partial charge is 0.143 e. The number of aromatic nitrogens is 3. The third-order valence-corrected chi connectivity index (χ3v) is 5.57. The molecule has 162 valence electrons. The lowest BCUT2D eigenvalue weighted by Crippen LogP contribution is -2.37. The van der Waals surface area contributed by atoms with Gasteiger partial charge in [-0.25, -0.2) is 9.37 Å². The summed E-state index contributed by atoms with van der Waals surface area (Å²) in [6.45, 7) is 3.53. The van der Waals surface area contributed by atoms with Crippen molar-refractivity contribution in [3.05, 3.63) is 30.6 Å². The Kier molecular flexibility index (Phi) is 7.09. The van der Waals surface area contributed by atoms with Gasteiger partial charge in [-0.05, 0) is 31.0 Å². The van der Waals surface area contributed by atoms with Crippen LogP contribution in [0.4, 0.5) is 10.2 Å². The molecule has 1 fully saturated rings. The summed E-state index contributed by atoms with van der Waals surface area (Å²) in [6.07, 6.45) is 5.91. The molecule has 4 heterocycles. The molecule has 0 atom stereocenters. The lowest BCUT2D eigenvalue weighted by atomic mass is 10.1. The zero-order chi connectivity index (χ0) is 20.8. The summed E-state index contributed by atoms with van der Waals surface area (Å²) < 4.78 is 30.4. The van der Waals surface area contributed by atoms with E-state index in [0.29, 0.717) is 26.4 Å². The number of hydrogen-bond acceptors (Lipinski definition) is 6. The first kappa shape index (κ1) is 21.0. The molecule has 4 rings (SSSR count). The number of piperidine rings is 1. The van der Waals surface area contributed by atoms with Gasteiger partial charge in [0.15, 0.2) is 0 Å². The van der Waals surface area contributed by atoms with Crippen LogP contribution in [0.15, 0.2) is 30.6 Å². The summed E-state index contributed by atoms with van der Waals surface area (Å²) in [5, 5.41) is 2.27. The Hall–Kier alpha value is -2.29. The van der Waals surface area contributed by atoms with E-state index in [1.54, 1.807) is 0 Å². The van der Waals surface area contributed by atoms with Gasteiger partial charge in [0.05, 0.1) is 44.7 Å². The number of aryl methyl sites for hydroxylation is 1. The topological polar surface area (TPSA) is 61.6 Å². The van der Waals surface area contributed by atoms with E-state index in [1.807, 2.05) is 18.5 Å². The van der Waals surface area contributed by atoms with Crippen LogP contribution in [0.2, 0.25) is 0 Å². The Morgan fingerprint density at radius 2 is 1.77 bits per heavy atom. The van der Waals surface area contributed by atoms with Gasteiger partial charge in [-0.1, -0.05) is 0 Å². The van der Waals surface area contributed by atoms with E-state index in [-0.39, 0.29) is 12.7 Å². The molecule has 1 aliphatic heterocycles. The van der Waals surface area contributed by atoms with Gasteiger partial charge < -0.3 is 23.7 Å². The molecule has 7 nitrogen and oxygen atoms in total. The standard InChI is InChI=1S/C22H29FN4O3/c1-26-20-4-8-24-16-19(20)18-2-3-21(25-22(18)26)27-9-5-17(6-10-27)30-15-14-29-13-12-28-11-7-23/h2-4,8,16-17H,5-7,9-15H2,1H3. The van der Waals surface area contributed by atoms with Crippen molar-refractivity contribution >= 4 is 27.8 Å². The molecule has 0 radical (unpaired) electrons. The molecule has 3 aromatic rings. The van der Waals surface area contributed by atoms with Gasteiger partial charge in [0.1, 0.15) is 18.1 Å². The third-order valence-electron chi connectivity index (χ3n) is 5.57. The minimum absolute atomic E-state index is 0.137. The van der Waals surface area contributed by atoms with Crippen LogP contribution >= 0.6 is 0 Å². The predicted molar refractivity (Wildman–Crippen MR) is 115 cm³/mol. The molecule has 30 heavy (non-hydrogen) atoms. The summed E-state index contributed by atoms with van der Waals surface area (Å²) >= 11 is 0. The van der Waals surface area contributed by atoms with Crippen LogP contribution in [-0.2, 0) is 21.3 Å². The van der Waals surface area contributed by atoms with Gasteiger partial charge in [0.2, 0.25) is 0 Å². The van der Waals surface area contributed by atoms with Crippen LogP contribution in [0.3, 0.4) is 0 Å². The monoisotopic (exact) mass is 416 g/mol. The highest BCUT2D eigenvalue weighted by Gasteiger charge is 2.21. The number of halogens is 1. The van der Waals surface area contributed by atoms with E-state index in [2.05, 4.69) is 33.6 Å². The van der Waals surface area contributed by atoms with Gasteiger partial charge in [-0.3, -0.25) is 4.98 Å². The lowest BCUT2D eigenvalue weighted by Gasteiger charge is -2.32. The Labute approximate surface area is 175 Å². The van der Waals surface area contributed by atoms with Crippen molar-refractivity contribution in [3.63, 3.8) is 0 Å². The number of nitrogens with zero attached hydrogens (tertiary/aromatic N) is 4. The quantitative estimate of drug-likeness (QED) is 0.474. The van der Waals surface area contributed by atoms with Crippen molar-refractivity contribution in [2.24, 2.45) is 7.05 Å². The molecule has 0 aromatic carbocycles. The summed E-state index contributed by atoms with van der Waals surface area (Å²) in [6, 6.07) is 6.29. The second-order valence-corrected chi connectivity index (χ2v) is 7.46. The first-order valence-electron chi connectivity index (χ1n) is 10.5. The van der Waals surface area contributed by atoms with Crippen molar-refractivity contribution in [1.82, 2.24) is 14.5 Å². The molecule has 0 N–H and O–H groups in total. The minimum atomic E-state index is -0.454. The van der Waals surface area contributed by atoms with Gasteiger partial charge in [-0.15, -0.1) is 0 Å². The van der Waals surface area contributed by atoms with Gasteiger partial charge >= 0.3 is 0 Å². The first-order chi connectivity index (χ1) is 14.8. The van der Waals surface area contributed by atoms with E-state index in [4.69, 9.17) is 19.2 Å². The maximum absolute atomic E-state index is 11.9. The minimum Gasteiger partial charge on any atom is -0.377 e. The van der Waals surface area contributed by atoms with Gasteiger partial charge in [0.25, 0.3) is 0 Å². The van der Waals surface area contributed by atoms with Crippen LogP contribution < -0.4 is 4.90 Å². The Bertz CT molecular complexity index is 956. The average Bonchev–Trinajstić information content (AvgIpc) is 3.08. The highest BCUT2D eigenvalue weighted by atomic mass is 19.1. The van der Waals surface area contributed by atoms with E-state index < -0.39 is 6.67 Å². The Balaban J connectivity index is 1.26. The Morgan fingerprint density at radius 3 is 2.57 bits per heavy atom. The molecule has 0 bridgehead atoms. The molecule has 1 aliphatic rings. The molecule has 0 amide bonds. The number of rotatable bonds is 10. The van der Waals surface area contributed by atoms with Crippen molar-refractivity contribution < 1.29 is 18.6 Å². The first-order valence-corrected chi connectivity index (χ1v) is 10.5. The maximum atomic E-state index is 11.9. The number of pyridine rings is 2. The molecule has 0 saturated carbocycles. The number of anilines is 1. The Morgan fingerprint density at radius 1 is 1.00 bits per heavy atom. The molecule has 0 spiro atoms. The molecule has 8 heteroatoms. The highest BCUT2D eigenvalue weighted by Crippen LogP contribution is 2.29. The average molecular weight is 416 g/mol. The third kappa shape index (κ3) is 4.71. The lowest BCUT2D eigenvalue weighted by molar-refractivity contribution is -0.0187. The van der Waals surface area contributed by atoms with Crippen LogP contribution in [0.25, 0.3) is 21.9 Å². The number of ether oxygens (including phenoxy) is 3. The number of hydrogen-bond donors (Lipinski definition) is 0. The predicted octanol–water partition coefficient (Wildman–Crippen LogP) is 3.11. The highest BCUT2D eigenvalue weighted by molar-refractivity contribution is 6.06. The molecule has 0 unspecified atom stereocenters. The number of fused-ring (bicyclic) bond motifs is 3. The summed E-state index contributed by atoms with van der Waals surface area (Å²) in [5.41, 5.74) is 2.13. The molecule has 3 aromatic heterocycles. The van der Waals surface area contributed by atoms with Crippen molar-refractivity contribution in [2.75, 3.05) is 57.7 Å². The largest absolute Gasteiger partial charge is 0.377 e. The van der Waals surface area contributed by atoms with Gasteiger partial charge in [0, 0.05) is 43.3 Å². The van der Waals surface area contributed by atoms with Crippen molar-refractivity contribution in [2.45, 2.75) is 18.9 Å². The van der Waals surface area contributed by atoms with E-state index in [1.165, 1.54) is 0 Å². The zero-order valence-electron chi connectivity index (χ0n) is 17.4. The van der Waals surface area contributed by atoms with Crippen molar-refractivity contribution in [1.29, 1.82) is 0 Å². The molecular weight excluding hydrogens is 387 g/mol. The fourth-order valence-electron chi connectivity index (χ4n) is 3.98. The van der Waals surface area contributed by atoms with Gasteiger partial charge in [-0.2, -0.15) is 0 Å². The fourth-order valence-corrected chi connectivity index (χ4v) is 3.98. The molecular formula is C22H29FN4O3. The zero-order valence-corrected chi connectivity index (χ0v) is 17.4. The van der Waals surface area contributed by atoms with Crippen LogP contribution in [0.5, 0.6) is 0 Å².